The summed E-state index contributed by atoms with van der Waals surface area (Å²) < 4.78 is 5.91. The normalized spacial score (nSPS) is 20.5. The minimum absolute atomic E-state index is 0.119. The number of nitrogens with one attached hydrogen (secondary N) is 1. The van der Waals surface area contributed by atoms with Crippen molar-refractivity contribution in [3.05, 3.63) is 54.4 Å². The molecule has 3 heterocycles. The first-order valence-corrected chi connectivity index (χ1v) is 9.29. The number of carboxylic acid groups (broad SMARTS) is 1. The van der Waals surface area contributed by atoms with Gasteiger partial charge in [-0.05, 0) is 36.0 Å². The summed E-state index contributed by atoms with van der Waals surface area (Å²) in [6, 6.07) is 13.3. The van der Waals surface area contributed by atoms with Crippen LogP contribution in [0.4, 0.5) is 0 Å². The van der Waals surface area contributed by atoms with Crippen LogP contribution < -0.4 is 5.32 Å². The van der Waals surface area contributed by atoms with Gasteiger partial charge in [0, 0.05) is 22.2 Å². The fraction of sp³-hybridized carbons (Fsp3) is 0.176. The number of rotatable bonds is 4. The third-order valence-corrected chi connectivity index (χ3v) is 5.94. The molecule has 0 amide bonds. The highest BCUT2D eigenvalue weighted by atomic mass is 32.2. The Bertz CT molecular complexity index is 891. The van der Waals surface area contributed by atoms with Gasteiger partial charge in [-0.25, -0.2) is 0 Å². The number of carboxylic acids is 1. The molecule has 0 bridgehead atoms. The smallest absolute Gasteiger partial charge is 0.321 e. The maximum atomic E-state index is 11.0. The van der Waals surface area contributed by atoms with Crippen molar-refractivity contribution < 1.29 is 14.3 Å². The van der Waals surface area contributed by atoms with Crippen LogP contribution in [0.15, 0.2) is 63.1 Å². The first-order valence-electron chi connectivity index (χ1n) is 7.42. The number of furan rings is 1. The number of benzene rings is 1. The van der Waals surface area contributed by atoms with Gasteiger partial charge in [0.05, 0.1) is 5.52 Å². The highest BCUT2D eigenvalue weighted by Gasteiger charge is 2.32. The molecule has 1 saturated heterocycles. The summed E-state index contributed by atoms with van der Waals surface area (Å²) in [4.78, 5) is 16.5. The van der Waals surface area contributed by atoms with Crippen molar-refractivity contribution in [2.75, 3.05) is 5.75 Å². The Kier molecular flexibility index (Phi) is 4.22. The summed E-state index contributed by atoms with van der Waals surface area (Å²) >= 11 is 3.07. The average Bonchev–Trinajstić information content (AvgIpc) is 3.24. The molecular formula is C17H14N2O3S2. The third-order valence-electron chi connectivity index (χ3n) is 3.75. The molecule has 0 radical (unpaired) electrons. The molecule has 2 aromatic heterocycles. The number of pyridine rings is 1. The minimum atomic E-state index is -0.826. The molecule has 1 aliphatic rings. The lowest BCUT2D eigenvalue weighted by atomic mass is 10.2. The number of nitrogens with zero attached hydrogens (tertiary/aromatic N) is 1. The van der Waals surface area contributed by atoms with Crippen LogP contribution >= 0.6 is 23.5 Å². The van der Waals surface area contributed by atoms with E-state index in [1.165, 1.54) is 11.8 Å². The van der Waals surface area contributed by atoms with Gasteiger partial charge in [-0.3, -0.25) is 15.1 Å². The van der Waals surface area contributed by atoms with Gasteiger partial charge in [0.1, 0.15) is 17.2 Å². The van der Waals surface area contributed by atoms with Crippen LogP contribution in [0.2, 0.25) is 0 Å². The largest absolute Gasteiger partial charge is 0.480 e. The van der Waals surface area contributed by atoms with Crippen LogP contribution in [0.5, 0.6) is 0 Å². The predicted molar refractivity (Wildman–Crippen MR) is 94.3 cm³/mol. The van der Waals surface area contributed by atoms with Gasteiger partial charge in [0.2, 0.25) is 0 Å². The van der Waals surface area contributed by atoms with Gasteiger partial charge >= 0.3 is 5.97 Å². The van der Waals surface area contributed by atoms with Crippen molar-refractivity contribution in [3.8, 4) is 0 Å². The van der Waals surface area contributed by atoms with E-state index < -0.39 is 12.0 Å². The monoisotopic (exact) mass is 358 g/mol. The highest BCUT2D eigenvalue weighted by Crippen LogP contribution is 2.38. The molecular weight excluding hydrogens is 344 g/mol. The quantitative estimate of drug-likeness (QED) is 0.735. The molecule has 1 aromatic carbocycles. The van der Waals surface area contributed by atoms with Gasteiger partial charge in [-0.2, -0.15) is 0 Å². The summed E-state index contributed by atoms with van der Waals surface area (Å²) in [6.07, 6.45) is 1.78. The van der Waals surface area contributed by atoms with Crippen LogP contribution in [0, 0.1) is 0 Å². The molecule has 3 aromatic rings. The number of fused-ring (bicyclic) bond motifs is 1. The van der Waals surface area contributed by atoms with Crippen molar-refractivity contribution >= 4 is 40.4 Å². The van der Waals surface area contributed by atoms with Crippen LogP contribution in [-0.4, -0.2) is 27.9 Å². The second-order valence-corrected chi connectivity index (χ2v) is 7.55. The maximum Gasteiger partial charge on any atom is 0.321 e. The van der Waals surface area contributed by atoms with E-state index in [9.17, 15) is 4.79 Å². The van der Waals surface area contributed by atoms with Crippen LogP contribution in [-0.2, 0) is 4.79 Å². The summed E-state index contributed by atoms with van der Waals surface area (Å²) in [7, 11) is 0. The lowest BCUT2D eigenvalue weighted by Gasteiger charge is -2.07. The van der Waals surface area contributed by atoms with Crippen LogP contribution in [0.3, 0.4) is 0 Å². The van der Waals surface area contributed by atoms with Crippen LogP contribution in [0.1, 0.15) is 11.1 Å². The number of aromatic nitrogens is 1. The molecule has 0 spiro atoms. The lowest BCUT2D eigenvalue weighted by molar-refractivity contribution is -0.138. The number of aliphatic carboxylic acids is 1. The summed E-state index contributed by atoms with van der Waals surface area (Å²) in [5.41, 5.74) is 0.947. The molecule has 2 atom stereocenters. The SMILES string of the molecule is O=C(O)[C@H]1CS[C@@H](c2ccc(Sc3cccc4cccnc34)o2)N1. The third kappa shape index (κ3) is 3.02. The fourth-order valence-corrected chi connectivity index (χ4v) is 4.66. The van der Waals surface area contributed by atoms with Gasteiger partial charge in [0.15, 0.2) is 5.09 Å². The van der Waals surface area contributed by atoms with Crippen molar-refractivity contribution in [2.45, 2.75) is 21.4 Å². The Labute approximate surface area is 146 Å². The van der Waals surface area contributed by atoms with E-state index in [1.807, 2.05) is 42.5 Å². The minimum Gasteiger partial charge on any atom is -0.480 e. The lowest BCUT2D eigenvalue weighted by Crippen LogP contribution is -2.33. The summed E-state index contributed by atoms with van der Waals surface area (Å²) in [5, 5.41) is 13.9. The number of thioether (sulfide) groups is 1. The molecule has 122 valence electrons. The average molecular weight is 358 g/mol. The molecule has 1 fully saturated rings. The number of hydrogen-bond acceptors (Lipinski definition) is 6. The summed E-state index contributed by atoms with van der Waals surface area (Å²) in [5.74, 6) is 0.462. The maximum absolute atomic E-state index is 11.0. The molecule has 4 rings (SSSR count). The van der Waals surface area contributed by atoms with E-state index in [0.717, 1.165) is 26.7 Å². The Morgan fingerprint density at radius 2 is 2.17 bits per heavy atom. The molecule has 5 nitrogen and oxygen atoms in total. The van der Waals surface area contributed by atoms with E-state index in [0.29, 0.717) is 5.75 Å². The van der Waals surface area contributed by atoms with E-state index in [1.54, 1.807) is 18.0 Å². The van der Waals surface area contributed by atoms with Gasteiger partial charge < -0.3 is 9.52 Å². The fourth-order valence-electron chi connectivity index (χ4n) is 2.58. The first-order chi connectivity index (χ1) is 11.7. The Balaban J connectivity index is 1.54. The van der Waals surface area contributed by atoms with Crippen LogP contribution in [0.25, 0.3) is 10.9 Å². The van der Waals surface area contributed by atoms with Crippen molar-refractivity contribution in [3.63, 3.8) is 0 Å². The number of hydrogen-bond donors (Lipinski definition) is 2. The number of carbonyl (C=O) groups is 1. The van der Waals surface area contributed by atoms with Crippen molar-refractivity contribution in [1.29, 1.82) is 0 Å². The van der Waals surface area contributed by atoms with E-state index in [4.69, 9.17) is 9.52 Å². The van der Waals surface area contributed by atoms with E-state index in [-0.39, 0.29) is 5.37 Å². The zero-order valence-electron chi connectivity index (χ0n) is 12.5. The second kappa shape index (κ2) is 6.51. The molecule has 24 heavy (non-hydrogen) atoms. The molecule has 2 N–H and O–H groups in total. The molecule has 0 saturated carbocycles. The zero-order valence-corrected chi connectivity index (χ0v) is 14.1. The Morgan fingerprint density at radius 3 is 3.00 bits per heavy atom. The molecule has 0 unspecified atom stereocenters. The highest BCUT2D eigenvalue weighted by molar-refractivity contribution is 8.00. The van der Waals surface area contributed by atoms with Crippen molar-refractivity contribution in [1.82, 2.24) is 10.3 Å². The van der Waals surface area contributed by atoms with Gasteiger partial charge in [-0.15, -0.1) is 11.8 Å². The van der Waals surface area contributed by atoms with E-state index >= 15 is 0 Å². The van der Waals surface area contributed by atoms with Gasteiger partial charge in [0.25, 0.3) is 0 Å². The van der Waals surface area contributed by atoms with Crippen molar-refractivity contribution in [2.24, 2.45) is 0 Å². The topological polar surface area (TPSA) is 75.4 Å². The van der Waals surface area contributed by atoms with E-state index in [2.05, 4.69) is 10.3 Å². The molecule has 0 aliphatic carbocycles. The van der Waals surface area contributed by atoms with Gasteiger partial charge in [-0.1, -0.05) is 18.2 Å². The Morgan fingerprint density at radius 1 is 1.29 bits per heavy atom. The first kappa shape index (κ1) is 15.6. The number of para-hydroxylation sites is 1. The Hall–Kier alpha value is -1.96. The molecule has 1 aliphatic heterocycles. The molecule has 7 heteroatoms. The second-order valence-electron chi connectivity index (χ2n) is 5.36. The predicted octanol–water partition coefficient (Wildman–Crippen LogP) is 3.77. The zero-order chi connectivity index (χ0) is 16.5. The standard InChI is InChI=1S/C17H14N2O3S2/c20-17(21)11-9-23-16(19-11)12-6-7-14(22-12)24-13-5-1-3-10-4-2-8-18-15(10)13/h1-8,11,16,19H,9H2,(H,20,21)/t11-,16+/m1/s1. The summed E-state index contributed by atoms with van der Waals surface area (Å²) in [6.45, 7) is 0.